The maximum absolute atomic E-state index is 5.62. The topological polar surface area (TPSA) is 64.7 Å². The minimum absolute atomic E-state index is 0.172. The highest BCUT2D eigenvalue weighted by Gasteiger charge is 2.03. The molecule has 1 heterocycles. The van der Waals surface area contributed by atoms with Crippen molar-refractivity contribution in [1.29, 1.82) is 0 Å². The lowest BCUT2D eigenvalue weighted by Gasteiger charge is -2.03. The van der Waals surface area contributed by atoms with Crippen LogP contribution in [0.3, 0.4) is 0 Å². The molecule has 5 heteroatoms. The number of hydrogen-bond donors (Lipinski definition) is 1. The third kappa shape index (κ3) is 3.55. The summed E-state index contributed by atoms with van der Waals surface area (Å²) in [5, 5.41) is 0.172. The number of aryl methyl sites for hydroxylation is 1. The molecule has 0 aliphatic carbocycles. The zero-order chi connectivity index (χ0) is 9.84. The smallest absolute Gasteiger partial charge is 0.227 e. The fourth-order valence-electron chi connectivity index (χ4n) is 0.938. The van der Waals surface area contributed by atoms with Crippen molar-refractivity contribution in [3.8, 4) is 0 Å². The Labute approximate surface area is 82.6 Å². The van der Waals surface area contributed by atoms with E-state index in [0.29, 0.717) is 11.7 Å². The number of halogens is 1. The molecule has 13 heavy (non-hydrogen) atoms. The maximum Gasteiger partial charge on any atom is 0.227 e. The number of hydrogen-bond acceptors (Lipinski definition) is 4. The van der Waals surface area contributed by atoms with Crippen molar-refractivity contribution in [3.63, 3.8) is 0 Å². The van der Waals surface area contributed by atoms with Crippen LogP contribution in [-0.4, -0.2) is 15.0 Å². The highest BCUT2D eigenvalue weighted by molar-refractivity contribution is 6.28. The van der Waals surface area contributed by atoms with Gasteiger partial charge in [0.15, 0.2) is 0 Å². The molecule has 72 valence electrons. The molecule has 4 nitrogen and oxygen atoms in total. The molecule has 0 unspecified atom stereocenters. The van der Waals surface area contributed by atoms with Crippen LogP contribution in [0, 0.1) is 5.92 Å². The lowest BCUT2D eigenvalue weighted by atomic mass is 10.1. The van der Waals surface area contributed by atoms with E-state index in [1.54, 1.807) is 0 Å². The summed E-state index contributed by atoms with van der Waals surface area (Å²) in [5.74, 6) is 1.49. The van der Waals surface area contributed by atoms with E-state index in [9.17, 15) is 0 Å². The standard InChI is InChI=1S/C8H13ClN4/c1-5(2)3-4-6-11-7(9)13-8(10)12-6/h5H,3-4H2,1-2H3,(H2,10,11,12,13). The van der Waals surface area contributed by atoms with Gasteiger partial charge in [0.25, 0.3) is 0 Å². The Morgan fingerprint density at radius 2 is 2.00 bits per heavy atom. The second kappa shape index (κ2) is 4.37. The van der Waals surface area contributed by atoms with E-state index in [1.807, 2.05) is 0 Å². The van der Waals surface area contributed by atoms with Crippen LogP contribution >= 0.6 is 11.6 Å². The van der Waals surface area contributed by atoms with Gasteiger partial charge >= 0.3 is 0 Å². The molecule has 1 aromatic heterocycles. The summed E-state index contributed by atoms with van der Waals surface area (Å²) >= 11 is 5.62. The van der Waals surface area contributed by atoms with Crippen LogP contribution in [0.2, 0.25) is 5.28 Å². The molecule has 0 amide bonds. The van der Waals surface area contributed by atoms with Crippen LogP contribution in [0.5, 0.6) is 0 Å². The molecule has 1 rings (SSSR count). The summed E-state index contributed by atoms with van der Waals surface area (Å²) in [4.78, 5) is 11.6. The van der Waals surface area contributed by atoms with Crippen LogP contribution in [0.4, 0.5) is 5.95 Å². The zero-order valence-corrected chi connectivity index (χ0v) is 8.54. The normalized spacial score (nSPS) is 10.8. The van der Waals surface area contributed by atoms with E-state index in [-0.39, 0.29) is 11.2 Å². The van der Waals surface area contributed by atoms with E-state index in [0.717, 1.165) is 12.8 Å². The average Bonchev–Trinajstić information content (AvgIpc) is 1.99. The van der Waals surface area contributed by atoms with E-state index in [2.05, 4.69) is 28.8 Å². The van der Waals surface area contributed by atoms with Gasteiger partial charge < -0.3 is 5.73 Å². The Bertz CT molecular complexity index is 267. The first-order valence-electron chi connectivity index (χ1n) is 4.24. The highest BCUT2D eigenvalue weighted by atomic mass is 35.5. The zero-order valence-electron chi connectivity index (χ0n) is 7.79. The Morgan fingerprint density at radius 3 is 2.54 bits per heavy atom. The highest BCUT2D eigenvalue weighted by Crippen LogP contribution is 2.08. The molecule has 0 atom stereocenters. The summed E-state index contributed by atoms with van der Waals surface area (Å²) in [6.07, 6.45) is 1.82. The van der Waals surface area contributed by atoms with E-state index in [1.165, 1.54) is 0 Å². The lowest BCUT2D eigenvalue weighted by molar-refractivity contribution is 0.574. The molecule has 0 saturated carbocycles. The number of nitrogens with two attached hydrogens (primary N) is 1. The van der Waals surface area contributed by atoms with Crippen molar-refractivity contribution in [3.05, 3.63) is 11.1 Å². The van der Waals surface area contributed by atoms with E-state index < -0.39 is 0 Å². The minimum Gasteiger partial charge on any atom is -0.368 e. The van der Waals surface area contributed by atoms with E-state index in [4.69, 9.17) is 17.3 Å². The molecule has 0 aliphatic rings. The van der Waals surface area contributed by atoms with Crippen LogP contribution < -0.4 is 5.73 Å². The molecular weight excluding hydrogens is 188 g/mol. The quantitative estimate of drug-likeness (QED) is 0.807. The molecule has 0 bridgehead atoms. The Hall–Kier alpha value is -0.900. The molecule has 0 radical (unpaired) electrons. The van der Waals surface area contributed by atoms with Gasteiger partial charge in [0.1, 0.15) is 5.82 Å². The summed E-state index contributed by atoms with van der Waals surface area (Å²) < 4.78 is 0. The van der Waals surface area contributed by atoms with Gasteiger partial charge in [-0.1, -0.05) is 13.8 Å². The first-order valence-corrected chi connectivity index (χ1v) is 4.61. The fraction of sp³-hybridized carbons (Fsp3) is 0.625. The monoisotopic (exact) mass is 200 g/mol. The molecule has 0 saturated heterocycles. The van der Waals surface area contributed by atoms with Gasteiger partial charge in [-0.3, -0.25) is 0 Å². The predicted octanol–water partition coefficient (Wildman–Crippen LogP) is 1.70. The molecular formula is C8H13ClN4. The summed E-state index contributed by atoms with van der Waals surface area (Å²) in [7, 11) is 0. The largest absolute Gasteiger partial charge is 0.368 e. The Kier molecular flexibility index (Phi) is 3.42. The van der Waals surface area contributed by atoms with Crippen molar-refractivity contribution in [2.24, 2.45) is 5.92 Å². The van der Waals surface area contributed by atoms with Crippen molar-refractivity contribution in [2.75, 3.05) is 5.73 Å². The molecule has 1 aromatic rings. The lowest BCUT2D eigenvalue weighted by Crippen LogP contribution is -2.04. The van der Waals surface area contributed by atoms with Crippen LogP contribution in [0.15, 0.2) is 0 Å². The first kappa shape index (κ1) is 10.2. The van der Waals surface area contributed by atoms with Gasteiger partial charge in [-0.15, -0.1) is 0 Å². The maximum atomic E-state index is 5.62. The summed E-state index contributed by atoms with van der Waals surface area (Å²) in [6, 6.07) is 0. The van der Waals surface area contributed by atoms with Crippen molar-refractivity contribution in [1.82, 2.24) is 15.0 Å². The molecule has 0 spiro atoms. The number of anilines is 1. The molecule has 0 fully saturated rings. The molecule has 0 aromatic carbocycles. The van der Waals surface area contributed by atoms with E-state index >= 15 is 0 Å². The van der Waals surface area contributed by atoms with Crippen LogP contribution in [-0.2, 0) is 6.42 Å². The van der Waals surface area contributed by atoms with Crippen LogP contribution in [0.25, 0.3) is 0 Å². The minimum atomic E-state index is 0.172. The second-order valence-corrected chi connectivity index (χ2v) is 3.65. The third-order valence-corrected chi connectivity index (χ3v) is 1.79. The number of nitrogen functional groups attached to an aromatic ring is 1. The van der Waals surface area contributed by atoms with Gasteiger partial charge in [-0.05, 0) is 23.9 Å². The Balaban J connectivity index is 2.66. The van der Waals surface area contributed by atoms with Crippen LogP contribution in [0.1, 0.15) is 26.1 Å². The third-order valence-electron chi connectivity index (χ3n) is 1.62. The molecule has 2 N–H and O–H groups in total. The first-order chi connectivity index (χ1) is 6.08. The van der Waals surface area contributed by atoms with Gasteiger partial charge in [-0.25, -0.2) is 4.98 Å². The molecule has 0 aliphatic heterocycles. The van der Waals surface area contributed by atoms with Gasteiger partial charge in [0.05, 0.1) is 0 Å². The number of aromatic nitrogens is 3. The van der Waals surface area contributed by atoms with Gasteiger partial charge in [-0.2, -0.15) is 9.97 Å². The summed E-state index contributed by atoms with van der Waals surface area (Å²) in [6.45, 7) is 4.29. The van der Waals surface area contributed by atoms with Gasteiger partial charge in [0.2, 0.25) is 11.2 Å². The van der Waals surface area contributed by atoms with Crippen molar-refractivity contribution in [2.45, 2.75) is 26.7 Å². The SMILES string of the molecule is CC(C)CCc1nc(N)nc(Cl)n1. The average molecular weight is 201 g/mol. The van der Waals surface area contributed by atoms with Crippen molar-refractivity contribution >= 4 is 17.5 Å². The van der Waals surface area contributed by atoms with Gasteiger partial charge in [0, 0.05) is 6.42 Å². The predicted molar refractivity (Wildman–Crippen MR) is 52.4 cm³/mol. The summed E-state index contributed by atoms with van der Waals surface area (Å²) in [5.41, 5.74) is 5.42. The number of rotatable bonds is 3. The van der Waals surface area contributed by atoms with Crippen molar-refractivity contribution < 1.29 is 0 Å². The Morgan fingerprint density at radius 1 is 1.31 bits per heavy atom. The number of nitrogens with zero attached hydrogens (tertiary/aromatic N) is 3. The fourth-order valence-corrected chi connectivity index (χ4v) is 1.12. The second-order valence-electron chi connectivity index (χ2n) is 3.31.